The molecule has 0 unspecified atom stereocenters. The molecule has 0 aliphatic heterocycles. The van der Waals surface area contributed by atoms with Crippen molar-refractivity contribution in [3.63, 3.8) is 0 Å². The Morgan fingerprint density at radius 3 is 2.68 bits per heavy atom. The van der Waals surface area contributed by atoms with Gasteiger partial charge in [-0.2, -0.15) is 4.98 Å². The standard InChI is InChI=1S/C19H18N4O5/c1-12-3-6-14(23(25)26)11-16(12)20-17(24)9-10-18-21-19(22-28-18)13-4-7-15(27-2)8-5-13/h3-8,11H,9-10H2,1-2H3,(H,20,24). The van der Waals surface area contributed by atoms with E-state index in [1.165, 1.54) is 12.1 Å². The second-order valence-electron chi connectivity index (χ2n) is 6.04. The Bertz CT molecular complexity index is 998. The number of hydrogen-bond acceptors (Lipinski definition) is 7. The van der Waals surface area contributed by atoms with E-state index in [9.17, 15) is 14.9 Å². The smallest absolute Gasteiger partial charge is 0.271 e. The molecule has 0 spiro atoms. The van der Waals surface area contributed by atoms with Gasteiger partial charge in [0.2, 0.25) is 17.6 Å². The molecule has 0 saturated heterocycles. The predicted molar refractivity (Wildman–Crippen MR) is 101 cm³/mol. The molecule has 9 heteroatoms. The Hall–Kier alpha value is -3.75. The average molecular weight is 382 g/mol. The van der Waals surface area contributed by atoms with Crippen molar-refractivity contribution in [3.05, 3.63) is 64.0 Å². The number of aromatic nitrogens is 2. The molecule has 0 bridgehead atoms. The van der Waals surface area contributed by atoms with E-state index in [-0.39, 0.29) is 24.4 Å². The van der Waals surface area contributed by atoms with E-state index in [0.717, 1.165) is 16.9 Å². The zero-order valence-corrected chi connectivity index (χ0v) is 15.3. The number of benzene rings is 2. The summed E-state index contributed by atoms with van der Waals surface area (Å²) in [4.78, 5) is 26.8. The van der Waals surface area contributed by atoms with Crippen LogP contribution >= 0.6 is 0 Å². The molecular formula is C19H18N4O5. The summed E-state index contributed by atoms with van der Waals surface area (Å²) < 4.78 is 10.3. The van der Waals surface area contributed by atoms with Crippen LogP contribution in [0.3, 0.4) is 0 Å². The van der Waals surface area contributed by atoms with Crippen LogP contribution < -0.4 is 10.1 Å². The second kappa shape index (κ2) is 8.30. The van der Waals surface area contributed by atoms with Gasteiger partial charge in [-0.3, -0.25) is 14.9 Å². The molecule has 9 nitrogen and oxygen atoms in total. The van der Waals surface area contributed by atoms with Gasteiger partial charge < -0.3 is 14.6 Å². The van der Waals surface area contributed by atoms with Gasteiger partial charge in [-0.1, -0.05) is 11.2 Å². The molecule has 0 aliphatic carbocycles. The molecule has 144 valence electrons. The number of carbonyl (C=O) groups excluding carboxylic acids is 1. The van der Waals surface area contributed by atoms with Crippen LogP contribution in [-0.4, -0.2) is 28.1 Å². The molecule has 0 saturated carbocycles. The predicted octanol–water partition coefficient (Wildman–Crippen LogP) is 3.53. The summed E-state index contributed by atoms with van der Waals surface area (Å²) in [5.74, 6) is 1.18. The summed E-state index contributed by atoms with van der Waals surface area (Å²) in [6.07, 6.45) is 0.356. The zero-order valence-electron chi connectivity index (χ0n) is 15.3. The largest absolute Gasteiger partial charge is 0.497 e. The van der Waals surface area contributed by atoms with Gasteiger partial charge >= 0.3 is 0 Å². The summed E-state index contributed by atoms with van der Waals surface area (Å²) in [5, 5.41) is 17.5. The zero-order chi connectivity index (χ0) is 20.1. The van der Waals surface area contributed by atoms with Crippen LogP contribution in [0.25, 0.3) is 11.4 Å². The van der Waals surface area contributed by atoms with Crippen molar-refractivity contribution in [3.8, 4) is 17.1 Å². The van der Waals surface area contributed by atoms with E-state index in [4.69, 9.17) is 9.26 Å². The number of nitrogens with one attached hydrogen (secondary N) is 1. The first kappa shape index (κ1) is 19.0. The maximum atomic E-state index is 12.2. The van der Waals surface area contributed by atoms with Crippen LogP contribution in [0.1, 0.15) is 17.9 Å². The molecular weight excluding hydrogens is 364 g/mol. The summed E-state index contributed by atoms with van der Waals surface area (Å²) in [6.45, 7) is 1.76. The Labute approximate surface area is 160 Å². The minimum atomic E-state index is -0.506. The van der Waals surface area contributed by atoms with Crippen molar-refractivity contribution in [2.24, 2.45) is 0 Å². The number of anilines is 1. The number of nitro groups is 1. The number of nitro benzene ring substituents is 1. The Morgan fingerprint density at radius 2 is 2.00 bits per heavy atom. The number of ether oxygens (including phenoxy) is 1. The van der Waals surface area contributed by atoms with Crippen molar-refractivity contribution in [1.29, 1.82) is 0 Å². The molecule has 3 aromatic rings. The normalized spacial score (nSPS) is 10.5. The first-order valence-electron chi connectivity index (χ1n) is 8.48. The van der Waals surface area contributed by atoms with Gasteiger partial charge in [-0.25, -0.2) is 0 Å². The van der Waals surface area contributed by atoms with Gasteiger partial charge in [0, 0.05) is 30.5 Å². The van der Waals surface area contributed by atoms with Gasteiger partial charge in [-0.15, -0.1) is 0 Å². The lowest BCUT2D eigenvalue weighted by Gasteiger charge is -2.07. The van der Waals surface area contributed by atoms with Crippen LogP contribution in [0, 0.1) is 17.0 Å². The fourth-order valence-corrected chi connectivity index (χ4v) is 2.51. The highest BCUT2D eigenvalue weighted by Crippen LogP contribution is 2.23. The molecule has 0 radical (unpaired) electrons. The molecule has 0 atom stereocenters. The van der Waals surface area contributed by atoms with Gasteiger partial charge in [0.1, 0.15) is 5.75 Å². The number of amides is 1. The molecule has 1 amide bonds. The highest BCUT2D eigenvalue weighted by atomic mass is 16.6. The third kappa shape index (κ3) is 4.50. The van der Waals surface area contributed by atoms with E-state index in [2.05, 4.69) is 15.5 Å². The topological polar surface area (TPSA) is 120 Å². The van der Waals surface area contributed by atoms with Gasteiger partial charge in [-0.05, 0) is 36.8 Å². The lowest BCUT2D eigenvalue weighted by molar-refractivity contribution is -0.384. The maximum Gasteiger partial charge on any atom is 0.271 e. The lowest BCUT2D eigenvalue weighted by atomic mass is 10.1. The van der Waals surface area contributed by atoms with E-state index in [1.54, 1.807) is 32.2 Å². The average Bonchev–Trinajstić information content (AvgIpc) is 3.17. The first-order valence-corrected chi connectivity index (χ1v) is 8.48. The maximum absolute atomic E-state index is 12.2. The van der Waals surface area contributed by atoms with Gasteiger partial charge in [0.05, 0.1) is 17.7 Å². The number of methoxy groups -OCH3 is 1. The van der Waals surface area contributed by atoms with Gasteiger partial charge in [0.25, 0.3) is 5.69 Å². The summed E-state index contributed by atoms with van der Waals surface area (Å²) in [6, 6.07) is 11.5. The van der Waals surface area contributed by atoms with E-state index in [0.29, 0.717) is 17.4 Å². The van der Waals surface area contributed by atoms with E-state index >= 15 is 0 Å². The van der Waals surface area contributed by atoms with Gasteiger partial charge in [0.15, 0.2) is 0 Å². The number of carbonyl (C=O) groups is 1. The number of rotatable bonds is 7. The minimum Gasteiger partial charge on any atom is -0.497 e. The molecule has 0 fully saturated rings. The summed E-state index contributed by atoms with van der Waals surface area (Å²) in [7, 11) is 1.58. The third-order valence-corrected chi connectivity index (χ3v) is 4.09. The highest BCUT2D eigenvalue weighted by Gasteiger charge is 2.13. The Balaban J connectivity index is 1.60. The van der Waals surface area contributed by atoms with Crippen LogP contribution in [0.15, 0.2) is 47.0 Å². The molecule has 2 aromatic carbocycles. The van der Waals surface area contributed by atoms with Crippen molar-refractivity contribution >= 4 is 17.3 Å². The molecule has 1 heterocycles. The summed E-state index contributed by atoms with van der Waals surface area (Å²) >= 11 is 0. The number of hydrogen-bond donors (Lipinski definition) is 1. The number of non-ortho nitro benzene ring substituents is 1. The third-order valence-electron chi connectivity index (χ3n) is 4.09. The van der Waals surface area contributed by atoms with Crippen LogP contribution in [-0.2, 0) is 11.2 Å². The van der Waals surface area contributed by atoms with E-state index < -0.39 is 4.92 Å². The van der Waals surface area contributed by atoms with Crippen molar-refractivity contribution in [2.75, 3.05) is 12.4 Å². The lowest BCUT2D eigenvalue weighted by Crippen LogP contribution is -2.13. The van der Waals surface area contributed by atoms with Crippen molar-refractivity contribution in [1.82, 2.24) is 10.1 Å². The van der Waals surface area contributed by atoms with Crippen LogP contribution in [0.4, 0.5) is 11.4 Å². The van der Waals surface area contributed by atoms with Crippen molar-refractivity contribution in [2.45, 2.75) is 19.8 Å². The fraction of sp³-hybridized carbons (Fsp3) is 0.211. The first-order chi connectivity index (χ1) is 13.5. The fourth-order valence-electron chi connectivity index (χ4n) is 2.51. The highest BCUT2D eigenvalue weighted by molar-refractivity contribution is 5.91. The van der Waals surface area contributed by atoms with Crippen LogP contribution in [0.2, 0.25) is 0 Å². The number of nitrogens with zero attached hydrogens (tertiary/aromatic N) is 3. The second-order valence-corrected chi connectivity index (χ2v) is 6.04. The Kier molecular flexibility index (Phi) is 5.64. The molecule has 28 heavy (non-hydrogen) atoms. The van der Waals surface area contributed by atoms with Crippen molar-refractivity contribution < 1.29 is 19.0 Å². The monoisotopic (exact) mass is 382 g/mol. The quantitative estimate of drug-likeness (QED) is 0.490. The minimum absolute atomic E-state index is 0.0815. The SMILES string of the molecule is COc1ccc(-c2noc(CCC(=O)Nc3cc([N+](=O)[O-])ccc3C)n2)cc1. The molecule has 3 rings (SSSR count). The summed E-state index contributed by atoms with van der Waals surface area (Å²) in [5.41, 5.74) is 1.83. The Morgan fingerprint density at radius 1 is 1.25 bits per heavy atom. The molecule has 1 N–H and O–H groups in total. The van der Waals surface area contributed by atoms with Crippen LogP contribution in [0.5, 0.6) is 5.75 Å². The number of aryl methyl sites for hydroxylation is 2. The molecule has 1 aromatic heterocycles. The molecule has 0 aliphatic rings. The van der Waals surface area contributed by atoms with E-state index in [1.807, 2.05) is 12.1 Å².